The van der Waals surface area contributed by atoms with Crippen molar-refractivity contribution in [2.75, 3.05) is 6.61 Å². The number of ketones is 1. The van der Waals surface area contributed by atoms with Crippen LogP contribution in [-0.2, 0) is 23.9 Å². The maximum absolute atomic E-state index is 12.1. The first-order valence-electron chi connectivity index (χ1n) is 11.3. The van der Waals surface area contributed by atoms with Crippen LogP contribution in [0, 0.1) is 11.8 Å². The molecule has 0 bridgehead atoms. The number of unbranched alkanes of at least 4 members (excludes halogenated alkanes) is 3. The van der Waals surface area contributed by atoms with Crippen molar-refractivity contribution >= 4 is 17.7 Å². The number of carbonyl (C=O) groups excluding carboxylic acids is 3. The average molecular weight is 423 g/mol. The van der Waals surface area contributed by atoms with Gasteiger partial charge in [-0.2, -0.15) is 0 Å². The quantitative estimate of drug-likeness (QED) is 0.194. The van der Waals surface area contributed by atoms with Crippen molar-refractivity contribution in [2.24, 2.45) is 11.8 Å². The second-order valence-electron chi connectivity index (χ2n) is 7.88. The molecule has 0 saturated heterocycles. The van der Waals surface area contributed by atoms with Gasteiger partial charge in [-0.15, -0.1) is 0 Å². The van der Waals surface area contributed by atoms with Crippen molar-refractivity contribution in [3.05, 3.63) is 24.3 Å². The third-order valence-electron chi connectivity index (χ3n) is 5.37. The molecule has 6 heteroatoms. The molecule has 0 aliphatic heterocycles. The van der Waals surface area contributed by atoms with E-state index in [0.717, 1.165) is 25.7 Å². The van der Waals surface area contributed by atoms with Crippen molar-refractivity contribution in [1.29, 1.82) is 0 Å². The standard InChI is InChI=1S/C24H38O6/c1-4-6-9-12-19(26)15-16-20-21(23(17-22(20)27)30-18(3)25)13-10-7-8-11-14-24(28)29-5-2/h7,10,15-16,20-23,27H,4-6,8-9,11-14,17H2,1-3H3/b10-7-,16-15+/t20-,21+,22-,23+/m0/s1. The summed E-state index contributed by atoms with van der Waals surface area (Å²) in [6, 6.07) is 0. The van der Waals surface area contributed by atoms with Crippen molar-refractivity contribution < 1.29 is 29.0 Å². The predicted molar refractivity (Wildman–Crippen MR) is 116 cm³/mol. The van der Waals surface area contributed by atoms with Gasteiger partial charge in [0.2, 0.25) is 0 Å². The Balaban J connectivity index is 2.64. The summed E-state index contributed by atoms with van der Waals surface area (Å²) in [5.74, 6) is -0.789. The Bertz CT molecular complexity index is 595. The smallest absolute Gasteiger partial charge is 0.305 e. The SMILES string of the molecule is CCCCCC(=O)/C=C/[C@H]1[C@@H](C/C=C\CCCC(=O)OCC)[C@H](OC(C)=O)C[C@@H]1O. The minimum Gasteiger partial charge on any atom is -0.466 e. The van der Waals surface area contributed by atoms with Crippen LogP contribution in [-0.4, -0.2) is 41.6 Å². The number of esters is 2. The summed E-state index contributed by atoms with van der Waals surface area (Å²) in [4.78, 5) is 34.9. The Morgan fingerprint density at radius 1 is 1.07 bits per heavy atom. The van der Waals surface area contributed by atoms with E-state index in [4.69, 9.17) is 9.47 Å². The van der Waals surface area contributed by atoms with E-state index in [1.165, 1.54) is 6.92 Å². The summed E-state index contributed by atoms with van der Waals surface area (Å²) >= 11 is 0. The highest BCUT2D eigenvalue weighted by Gasteiger charge is 2.42. The lowest BCUT2D eigenvalue weighted by Crippen LogP contribution is -2.24. The van der Waals surface area contributed by atoms with Gasteiger partial charge in [-0.1, -0.05) is 38.0 Å². The maximum atomic E-state index is 12.1. The number of hydrogen-bond donors (Lipinski definition) is 1. The summed E-state index contributed by atoms with van der Waals surface area (Å²) < 4.78 is 10.3. The average Bonchev–Trinajstić information content (AvgIpc) is 2.96. The van der Waals surface area contributed by atoms with Gasteiger partial charge in [-0.25, -0.2) is 0 Å². The highest BCUT2D eigenvalue weighted by Crippen LogP contribution is 2.38. The van der Waals surface area contributed by atoms with Gasteiger partial charge < -0.3 is 14.6 Å². The van der Waals surface area contributed by atoms with E-state index in [9.17, 15) is 19.5 Å². The van der Waals surface area contributed by atoms with Gasteiger partial charge in [0.25, 0.3) is 0 Å². The molecular weight excluding hydrogens is 384 g/mol. The third-order valence-corrected chi connectivity index (χ3v) is 5.37. The number of ether oxygens (including phenoxy) is 2. The summed E-state index contributed by atoms with van der Waals surface area (Å²) in [7, 11) is 0. The zero-order valence-electron chi connectivity index (χ0n) is 18.7. The van der Waals surface area contributed by atoms with E-state index in [1.807, 2.05) is 12.2 Å². The van der Waals surface area contributed by atoms with Crippen LogP contribution >= 0.6 is 0 Å². The molecule has 30 heavy (non-hydrogen) atoms. The molecule has 0 aromatic heterocycles. The number of aliphatic hydroxyl groups is 1. The summed E-state index contributed by atoms with van der Waals surface area (Å²) in [6.07, 6.45) is 12.7. The van der Waals surface area contributed by atoms with Crippen LogP contribution in [0.1, 0.15) is 78.6 Å². The van der Waals surface area contributed by atoms with E-state index in [2.05, 4.69) is 6.92 Å². The highest BCUT2D eigenvalue weighted by atomic mass is 16.5. The molecule has 1 N–H and O–H groups in total. The second-order valence-corrected chi connectivity index (χ2v) is 7.88. The Morgan fingerprint density at radius 3 is 2.50 bits per heavy atom. The lowest BCUT2D eigenvalue weighted by atomic mass is 9.89. The van der Waals surface area contributed by atoms with Crippen LogP contribution in [0.4, 0.5) is 0 Å². The third kappa shape index (κ3) is 10.2. The molecule has 6 nitrogen and oxygen atoms in total. The molecule has 0 aromatic carbocycles. The molecule has 1 fully saturated rings. The number of allylic oxidation sites excluding steroid dienone is 3. The molecule has 0 radical (unpaired) electrons. The van der Waals surface area contributed by atoms with Gasteiger partial charge in [-0.3, -0.25) is 14.4 Å². The number of rotatable bonds is 14. The van der Waals surface area contributed by atoms with Crippen molar-refractivity contribution in [2.45, 2.75) is 90.8 Å². The van der Waals surface area contributed by atoms with Crippen LogP contribution in [0.2, 0.25) is 0 Å². The molecule has 0 spiro atoms. The Hall–Kier alpha value is -1.95. The number of carbonyl (C=O) groups is 3. The van der Waals surface area contributed by atoms with Gasteiger partial charge in [-0.05, 0) is 38.7 Å². The van der Waals surface area contributed by atoms with E-state index in [0.29, 0.717) is 38.7 Å². The fraction of sp³-hybridized carbons (Fsp3) is 0.708. The summed E-state index contributed by atoms with van der Waals surface area (Å²) in [5.41, 5.74) is 0. The van der Waals surface area contributed by atoms with Gasteiger partial charge in [0.1, 0.15) is 6.10 Å². The normalized spacial score (nSPS) is 23.9. The molecule has 1 aliphatic rings. The molecule has 4 atom stereocenters. The molecule has 0 amide bonds. The lowest BCUT2D eigenvalue weighted by molar-refractivity contribution is -0.148. The van der Waals surface area contributed by atoms with Gasteiger partial charge in [0, 0.05) is 38.0 Å². The van der Waals surface area contributed by atoms with E-state index >= 15 is 0 Å². The highest BCUT2D eigenvalue weighted by molar-refractivity contribution is 5.89. The lowest BCUT2D eigenvalue weighted by Gasteiger charge is -2.22. The molecule has 1 rings (SSSR count). The topological polar surface area (TPSA) is 89.9 Å². The first kappa shape index (κ1) is 26.1. The molecule has 0 heterocycles. The molecule has 1 aliphatic carbocycles. The fourth-order valence-corrected chi connectivity index (χ4v) is 3.85. The van der Waals surface area contributed by atoms with Crippen LogP contribution in [0.5, 0.6) is 0 Å². The van der Waals surface area contributed by atoms with Crippen LogP contribution in [0.25, 0.3) is 0 Å². The maximum Gasteiger partial charge on any atom is 0.305 e. The molecule has 0 unspecified atom stereocenters. The monoisotopic (exact) mass is 422 g/mol. The largest absolute Gasteiger partial charge is 0.466 e. The summed E-state index contributed by atoms with van der Waals surface area (Å²) in [6.45, 7) is 5.65. The fourth-order valence-electron chi connectivity index (χ4n) is 3.85. The van der Waals surface area contributed by atoms with E-state index < -0.39 is 6.10 Å². The Kier molecular flexibility index (Phi) is 13.0. The molecule has 170 valence electrons. The molecule has 0 aromatic rings. The van der Waals surface area contributed by atoms with Crippen molar-refractivity contribution in [1.82, 2.24) is 0 Å². The van der Waals surface area contributed by atoms with Crippen LogP contribution in [0.15, 0.2) is 24.3 Å². The van der Waals surface area contributed by atoms with Crippen LogP contribution < -0.4 is 0 Å². The first-order chi connectivity index (χ1) is 14.4. The Morgan fingerprint density at radius 2 is 1.83 bits per heavy atom. The second kappa shape index (κ2) is 14.9. The number of hydrogen-bond acceptors (Lipinski definition) is 6. The van der Waals surface area contributed by atoms with Crippen molar-refractivity contribution in [3.8, 4) is 0 Å². The van der Waals surface area contributed by atoms with E-state index in [1.54, 1.807) is 19.1 Å². The van der Waals surface area contributed by atoms with Crippen LogP contribution in [0.3, 0.4) is 0 Å². The number of aliphatic hydroxyl groups excluding tert-OH is 1. The minimum absolute atomic E-state index is 0.0693. The Labute approximate surface area is 180 Å². The summed E-state index contributed by atoms with van der Waals surface area (Å²) in [5, 5.41) is 10.5. The molecular formula is C24H38O6. The zero-order valence-corrected chi connectivity index (χ0v) is 18.7. The first-order valence-corrected chi connectivity index (χ1v) is 11.3. The predicted octanol–water partition coefficient (Wildman–Crippen LogP) is 4.30. The van der Waals surface area contributed by atoms with Gasteiger partial charge in [0.05, 0.1) is 12.7 Å². The van der Waals surface area contributed by atoms with Gasteiger partial charge >= 0.3 is 11.9 Å². The minimum atomic E-state index is -0.642. The van der Waals surface area contributed by atoms with Gasteiger partial charge in [0.15, 0.2) is 5.78 Å². The van der Waals surface area contributed by atoms with Crippen molar-refractivity contribution in [3.63, 3.8) is 0 Å². The van der Waals surface area contributed by atoms with E-state index in [-0.39, 0.29) is 35.7 Å². The molecule has 1 saturated carbocycles. The zero-order chi connectivity index (χ0) is 22.4.